The maximum absolute atomic E-state index is 14.1. The molecule has 4 nitrogen and oxygen atoms in total. The Hall–Kier alpha value is -2.40. The van der Waals surface area contributed by atoms with Gasteiger partial charge >= 0.3 is 5.97 Å². The standard InChI is InChI=1S/C16H12ClFN2O2/c17-10-5-6-14-12(7-10)16(11-3-1-2-4-13(11)18)19-9-20(14)8-15(21)22/h1-7H,8-9H2,(H,21,22). The smallest absolute Gasteiger partial charge is 0.323 e. The molecule has 0 aliphatic carbocycles. The van der Waals surface area contributed by atoms with Gasteiger partial charge in [-0.2, -0.15) is 0 Å². The van der Waals surface area contributed by atoms with Gasteiger partial charge in [0.2, 0.25) is 0 Å². The molecule has 1 heterocycles. The number of carboxylic acids is 1. The van der Waals surface area contributed by atoms with Crippen LogP contribution in [0.3, 0.4) is 0 Å². The number of carboxylic acid groups (broad SMARTS) is 1. The molecular formula is C16H12ClFN2O2. The number of rotatable bonds is 3. The van der Waals surface area contributed by atoms with Crippen molar-refractivity contribution in [1.82, 2.24) is 0 Å². The summed E-state index contributed by atoms with van der Waals surface area (Å²) >= 11 is 6.04. The maximum Gasteiger partial charge on any atom is 0.323 e. The molecule has 0 aromatic heterocycles. The highest BCUT2D eigenvalue weighted by Crippen LogP contribution is 2.30. The largest absolute Gasteiger partial charge is 0.480 e. The molecule has 0 unspecified atom stereocenters. The first kappa shape index (κ1) is 14.5. The van der Waals surface area contributed by atoms with Gasteiger partial charge in [-0.15, -0.1) is 0 Å². The minimum Gasteiger partial charge on any atom is -0.480 e. The fraction of sp³-hybridized carbons (Fsp3) is 0.125. The number of aliphatic carboxylic acids is 1. The first-order valence-electron chi connectivity index (χ1n) is 6.62. The molecule has 0 bridgehead atoms. The van der Waals surface area contributed by atoms with Crippen molar-refractivity contribution in [2.45, 2.75) is 0 Å². The second-order valence-electron chi connectivity index (χ2n) is 4.88. The minimum atomic E-state index is -0.953. The number of hydrogen-bond acceptors (Lipinski definition) is 3. The van der Waals surface area contributed by atoms with E-state index < -0.39 is 5.97 Å². The molecule has 112 valence electrons. The predicted octanol–water partition coefficient (Wildman–Crippen LogP) is 3.18. The van der Waals surface area contributed by atoms with Gasteiger partial charge in [-0.3, -0.25) is 9.79 Å². The number of aliphatic imine (C=N–C) groups is 1. The van der Waals surface area contributed by atoms with Crippen LogP contribution < -0.4 is 4.90 Å². The van der Waals surface area contributed by atoms with Crippen molar-refractivity contribution in [3.8, 4) is 0 Å². The van der Waals surface area contributed by atoms with E-state index in [-0.39, 0.29) is 19.0 Å². The Balaban J connectivity index is 2.12. The molecule has 0 fully saturated rings. The highest BCUT2D eigenvalue weighted by Gasteiger charge is 2.24. The number of nitrogens with zero attached hydrogens (tertiary/aromatic N) is 2. The highest BCUT2D eigenvalue weighted by atomic mass is 35.5. The van der Waals surface area contributed by atoms with E-state index in [1.54, 1.807) is 41.3 Å². The molecule has 1 N–H and O–H groups in total. The highest BCUT2D eigenvalue weighted by molar-refractivity contribution is 6.31. The molecule has 0 radical (unpaired) electrons. The average Bonchev–Trinajstić information content (AvgIpc) is 2.48. The monoisotopic (exact) mass is 318 g/mol. The van der Waals surface area contributed by atoms with Gasteiger partial charge in [-0.1, -0.05) is 23.7 Å². The lowest BCUT2D eigenvalue weighted by Gasteiger charge is -2.29. The van der Waals surface area contributed by atoms with Gasteiger partial charge in [0.25, 0.3) is 0 Å². The Morgan fingerprint density at radius 2 is 2.05 bits per heavy atom. The predicted molar refractivity (Wildman–Crippen MR) is 83.3 cm³/mol. The Labute approximate surface area is 131 Å². The van der Waals surface area contributed by atoms with E-state index in [1.807, 2.05) is 0 Å². The summed E-state index contributed by atoms with van der Waals surface area (Å²) in [5.41, 5.74) is 2.17. The number of hydrogen-bond donors (Lipinski definition) is 1. The summed E-state index contributed by atoms with van der Waals surface area (Å²) in [5.74, 6) is -1.33. The summed E-state index contributed by atoms with van der Waals surface area (Å²) in [5, 5.41) is 9.48. The van der Waals surface area contributed by atoms with Crippen LogP contribution in [0.5, 0.6) is 0 Å². The van der Waals surface area contributed by atoms with Crippen molar-refractivity contribution in [3.63, 3.8) is 0 Å². The molecule has 0 atom stereocenters. The summed E-state index contributed by atoms with van der Waals surface area (Å²) in [6.45, 7) is -0.0206. The third-order valence-corrected chi connectivity index (χ3v) is 3.64. The summed E-state index contributed by atoms with van der Waals surface area (Å²) in [4.78, 5) is 16.9. The molecule has 0 saturated heterocycles. The third kappa shape index (κ3) is 2.67. The van der Waals surface area contributed by atoms with Crippen LogP contribution in [0, 0.1) is 5.82 Å². The summed E-state index contributed by atoms with van der Waals surface area (Å²) < 4.78 is 14.1. The maximum atomic E-state index is 14.1. The van der Waals surface area contributed by atoms with Gasteiger partial charge in [0.05, 0.1) is 5.71 Å². The van der Waals surface area contributed by atoms with Crippen LogP contribution in [-0.2, 0) is 4.79 Å². The molecule has 2 aromatic carbocycles. The molecule has 0 spiro atoms. The molecule has 1 aliphatic heterocycles. The molecule has 0 saturated carbocycles. The number of carbonyl (C=O) groups is 1. The van der Waals surface area contributed by atoms with E-state index in [2.05, 4.69) is 4.99 Å². The van der Waals surface area contributed by atoms with Crippen LogP contribution in [0.25, 0.3) is 0 Å². The lowest BCUT2D eigenvalue weighted by Crippen LogP contribution is -2.34. The zero-order valence-electron chi connectivity index (χ0n) is 11.5. The Bertz CT molecular complexity index is 776. The van der Waals surface area contributed by atoms with E-state index in [0.717, 1.165) is 0 Å². The number of benzene rings is 2. The second kappa shape index (κ2) is 5.77. The Morgan fingerprint density at radius 3 is 2.77 bits per heavy atom. The van der Waals surface area contributed by atoms with Crippen molar-refractivity contribution >= 4 is 29.0 Å². The van der Waals surface area contributed by atoms with Gasteiger partial charge in [0.15, 0.2) is 0 Å². The van der Waals surface area contributed by atoms with Crippen molar-refractivity contribution in [2.75, 3.05) is 18.1 Å². The zero-order valence-corrected chi connectivity index (χ0v) is 12.2. The number of anilines is 1. The zero-order chi connectivity index (χ0) is 15.7. The third-order valence-electron chi connectivity index (χ3n) is 3.41. The lowest BCUT2D eigenvalue weighted by atomic mass is 9.98. The summed E-state index contributed by atoms with van der Waals surface area (Å²) in [6.07, 6.45) is 0. The van der Waals surface area contributed by atoms with Crippen LogP contribution in [0.1, 0.15) is 11.1 Å². The molecule has 22 heavy (non-hydrogen) atoms. The Morgan fingerprint density at radius 1 is 1.27 bits per heavy atom. The van der Waals surface area contributed by atoms with Crippen LogP contribution in [0.2, 0.25) is 5.02 Å². The summed E-state index contributed by atoms with van der Waals surface area (Å²) in [6, 6.07) is 11.4. The summed E-state index contributed by atoms with van der Waals surface area (Å²) in [7, 11) is 0. The van der Waals surface area contributed by atoms with Gasteiger partial charge < -0.3 is 10.0 Å². The second-order valence-corrected chi connectivity index (χ2v) is 5.32. The van der Waals surface area contributed by atoms with Crippen LogP contribution >= 0.6 is 11.6 Å². The van der Waals surface area contributed by atoms with Gasteiger partial charge in [-0.05, 0) is 30.3 Å². The first-order chi connectivity index (χ1) is 10.6. The van der Waals surface area contributed by atoms with Gasteiger partial charge in [-0.25, -0.2) is 4.39 Å². The van der Waals surface area contributed by atoms with E-state index in [1.165, 1.54) is 6.07 Å². The van der Waals surface area contributed by atoms with Crippen molar-refractivity contribution in [3.05, 3.63) is 64.4 Å². The molecule has 6 heteroatoms. The van der Waals surface area contributed by atoms with E-state index >= 15 is 0 Å². The quantitative estimate of drug-likeness (QED) is 0.945. The van der Waals surface area contributed by atoms with E-state index in [9.17, 15) is 9.18 Å². The van der Waals surface area contributed by atoms with Crippen LogP contribution in [-0.4, -0.2) is 30.0 Å². The Kier molecular flexibility index (Phi) is 3.81. The van der Waals surface area contributed by atoms with Crippen molar-refractivity contribution < 1.29 is 14.3 Å². The SMILES string of the molecule is O=C(O)CN1CN=C(c2ccccc2F)c2cc(Cl)ccc21. The lowest BCUT2D eigenvalue weighted by molar-refractivity contribution is -0.135. The van der Waals surface area contributed by atoms with Crippen LogP contribution in [0.4, 0.5) is 10.1 Å². The fourth-order valence-corrected chi connectivity index (χ4v) is 2.65. The van der Waals surface area contributed by atoms with E-state index in [0.29, 0.717) is 27.5 Å². The minimum absolute atomic E-state index is 0.157. The fourth-order valence-electron chi connectivity index (χ4n) is 2.47. The molecular weight excluding hydrogens is 307 g/mol. The number of fused-ring (bicyclic) bond motifs is 1. The topological polar surface area (TPSA) is 52.9 Å². The average molecular weight is 319 g/mol. The van der Waals surface area contributed by atoms with Gasteiger partial charge in [0.1, 0.15) is 19.0 Å². The van der Waals surface area contributed by atoms with Crippen molar-refractivity contribution in [2.24, 2.45) is 4.99 Å². The van der Waals surface area contributed by atoms with Crippen molar-refractivity contribution in [1.29, 1.82) is 0 Å². The van der Waals surface area contributed by atoms with E-state index in [4.69, 9.17) is 16.7 Å². The molecule has 0 amide bonds. The molecule has 1 aliphatic rings. The first-order valence-corrected chi connectivity index (χ1v) is 7.00. The normalized spacial score (nSPS) is 13.5. The number of halogens is 2. The molecule has 2 aromatic rings. The molecule has 3 rings (SSSR count). The van der Waals surface area contributed by atoms with Crippen LogP contribution in [0.15, 0.2) is 47.5 Å². The van der Waals surface area contributed by atoms with Gasteiger partial charge in [0, 0.05) is 21.8 Å².